The minimum Gasteiger partial charge on any atom is -0.493 e. The molecule has 2 heterocycles. The van der Waals surface area contributed by atoms with Crippen molar-refractivity contribution in [1.29, 1.82) is 0 Å². The number of benzene rings is 1. The monoisotopic (exact) mass is 306 g/mol. The molecule has 3 atom stereocenters. The van der Waals surface area contributed by atoms with Crippen LogP contribution in [0.1, 0.15) is 24.4 Å². The van der Waals surface area contributed by atoms with E-state index in [1.165, 1.54) is 5.56 Å². The van der Waals surface area contributed by atoms with E-state index >= 15 is 0 Å². The summed E-state index contributed by atoms with van der Waals surface area (Å²) < 4.78 is 17.2. The van der Waals surface area contributed by atoms with Crippen molar-refractivity contribution in [3.63, 3.8) is 0 Å². The summed E-state index contributed by atoms with van der Waals surface area (Å²) in [6.45, 7) is 3.20. The van der Waals surface area contributed by atoms with Gasteiger partial charge in [0.25, 0.3) is 0 Å². The van der Waals surface area contributed by atoms with E-state index in [1.54, 1.807) is 7.11 Å². The van der Waals surface area contributed by atoms with Gasteiger partial charge in [-0.05, 0) is 32.0 Å². The molecule has 0 saturated carbocycles. The molecule has 0 aliphatic carbocycles. The zero-order valence-electron chi connectivity index (χ0n) is 13.5. The summed E-state index contributed by atoms with van der Waals surface area (Å²) in [5.41, 5.74) is 7.04. The molecular formula is C17H26N2O3. The lowest BCUT2D eigenvalue weighted by Gasteiger charge is -2.24. The number of hydrogen-bond donors (Lipinski definition) is 1. The summed E-state index contributed by atoms with van der Waals surface area (Å²) in [5, 5.41) is 0. The Morgan fingerprint density at radius 1 is 1.41 bits per heavy atom. The van der Waals surface area contributed by atoms with Gasteiger partial charge < -0.3 is 19.9 Å². The molecule has 3 unspecified atom stereocenters. The highest BCUT2D eigenvalue weighted by atomic mass is 16.6. The third-order valence-electron chi connectivity index (χ3n) is 4.72. The van der Waals surface area contributed by atoms with Gasteiger partial charge in [0.15, 0.2) is 11.5 Å². The highest BCUT2D eigenvalue weighted by molar-refractivity contribution is 5.48. The van der Waals surface area contributed by atoms with Crippen molar-refractivity contribution in [2.75, 3.05) is 40.5 Å². The molecule has 0 radical (unpaired) electrons. The number of nitrogens with two attached hydrogens (primary N) is 1. The van der Waals surface area contributed by atoms with Crippen LogP contribution >= 0.6 is 0 Å². The number of likely N-dealkylation sites (tertiary alicyclic amines) is 1. The molecule has 0 amide bonds. The van der Waals surface area contributed by atoms with E-state index in [2.05, 4.69) is 18.0 Å². The zero-order chi connectivity index (χ0) is 15.5. The maximum Gasteiger partial charge on any atom is 0.165 e. The van der Waals surface area contributed by atoms with Gasteiger partial charge in [-0.3, -0.25) is 4.90 Å². The molecule has 0 spiro atoms. The fourth-order valence-electron chi connectivity index (χ4n) is 3.53. The molecule has 5 heteroatoms. The lowest BCUT2D eigenvalue weighted by Crippen LogP contribution is -2.21. The SMILES string of the molecule is COc1c(OC2CCOC2)cccc1C1CC(CN)CN1C. The first kappa shape index (κ1) is 15.6. The average Bonchev–Trinajstić information content (AvgIpc) is 3.16. The van der Waals surface area contributed by atoms with Gasteiger partial charge in [-0.1, -0.05) is 12.1 Å². The molecule has 2 fully saturated rings. The van der Waals surface area contributed by atoms with Gasteiger partial charge in [0.1, 0.15) is 6.10 Å². The van der Waals surface area contributed by atoms with Crippen LogP contribution in [0.4, 0.5) is 0 Å². The molecule has 0 aromatic heterocycles. The van der Waals surface area contributed by atoms with Gasteiger partial charge in [-0.15, -0.1) is 0 Å². The van der Waals surface area contributed by atoms with Gasteiger partial charge in [-0.25, -0.2) is 0 Å². The van der Waals surface area contributed by atoms with Gasteiger partial charge in [0, 0.05) is 24.6 Å². The van der Waals surface area contributed by atoms with E-state index < -0.39 is 0 Å². The van der Waals surface area contributed by atoms with Crippen molar-refractivity contribution in [3.05, 3.63) is 23.8 Å². The third kappa shape index (κ3) is 3.07. The van der Waals surface area contributed by atoms with E-state index in [9.17, 15) is 0 Å². The Morgan fingerprint density at radius 2 is 2.27 bits per heavy atom. The molecule has 2 N–H and O–H groups in total. The van der Waals surface area contributed by atoms with Crippen molar-refractivity contribution in [2.45, 2.75) is 25.0 Å². The van der Waals surface area contributed by atoms with Gasteiger partial charge in [0.2, 0.25) is 0 Å². The topological polar surface area (TPSA) is 57.0 Å². The quantitative estimate of drug-likeness (QED) is 0.899. The number of methoxy groups -OCH3 is 1. The van der Waals surface area contributed by atoms with Gasteiger partial charge in [-0.2, -0.15) is 0 Å². The summed E-state index contributed by atoms with van der Waals surface area (Å²) in [7, 11) is 3.87. The standard InChI is InChI=1S/C17H26N2O3/c1-19-10-12(9-18)8-15(19)14-4-3-5-16(17(14)20-2)22-13-6-7-21-11-13/h3-5,12-13,15H,6-11,18H2,1-2H3. The molecule has 122 valence electrons. The average molecular weight is 306 g/mol. The Kier molecular flexibility index (Phi) is 4.86. The smallest absolute Gasteiger partial charge is 0.165 e. The minimum atomic E-state index is 0.127. The fraction of sp³-hybridized carbons (Fsp3) is 0.647. The predicted molar refractivity (Wildman–Crippen MR) is 85.4 cm³/mol. The van der Waals surface area contributed by atoms with Crippen LogP contribution in [0, 0.1) is 5.92 Å². The van der Waals surface area contributed by atoms with Crippen molar-refractivity contribution in [2.24, 2.45) is 11.7 Å². The van der Waals surface area contributed by atoms with Gasteiger partial charge in [0.05, 0.1) is 20.3 Å². The summed E-state index contributed by atoms with van der Waals surface area (Å²) in [6, 6.07) is 6.51. The number of para-hydroxylation sites is 1. The highest BCUT2D eigenvalue weighted by Gasteiger charge is 2.32. The molecule has 5 nitrogen and oxygen atoms in total. The van der Waals surface area contributed by atoms with E-state index in [0.29, 0.717) is 18.6 Å². The van der Waals surface area contributed by atoms with E-state index in [1.807, 2.05) is 12.1 Å². The van der Waals surface area contributed by atoms with Crippen LogP contribution in [-0.4, -0.2) is 51.5 Å². The first-order chi connectivity index (χ1) is 10.7. The minimum absolute atomic E-state index is 0.127. The second-order valence-electron chi connectivity index (χ2n) is 6.27. The highest BCUT2D eigenvalue weighted by Crippen LogP contribution is 2.42. The van der Waals surface area contributed by atoms with E-state index in [0.717, 1.165) is 44.0 Å². The Morgan fingerprint density at radius 3 is 2.91 bits per heavy atom. The Labute approximate surface area is 132 Å². The van der Waals surface area contributed by atoms with Crippen molar-refractivity contribution in [3.8, 4) is 11.5 Å². The molecule has 1 aromatic rings. The first-order valence-electron chi connectivity index (χ1n) is 8.04. The number of hydrogen-bond acceptors (Lipinski definition) is 5. The largest absolute Gasteiger partial charge is 0.493 e. The fourth-order valence-corrected chi connectivity index (χ4v) is 3.53. The molecule has 3 rings (SSSR count). The molecule has 2 aliphatic heterocycles. The van der Waals surface area contributed by atoms with E-state index in [4.69, 9.17) is 19.9 Å². The van der Waals surface area contributed by atoms with Crippen LogP contribution in [0.2, 0.25) is 0 Å². The molecule has 22 heavy (non-hydrogen) atoms. The molecule has 1 aromatic carbocycles. The number of rotatable bonds is 5. The van der Waals surface area contributed by atoms with Crippen LogP contribution in [-0.2, 0) is 4.74 Å². The van der Waals surface area contributed by atoms with Crippen molar-refractivity contribution >= 4 is 0 Å². The van der Waals surface area contributed by atoms with Gasteiger partial charge >= 0.3 is 0 Å². The lowest BCUT2D eigenvalue weighted by molar-refractivity contribution is 0.138. The summed E-state index contributed by atoms with van der Waals surface area (Å²) in [5.74, 6) is 2.22. The number of ether oxygens (including phenoxy) is 3. The molecule has 2 aliphatic rings. The summed E-state index contributed by atoms with van der Waals surface area (Å²) in [6.07, 6.45) is 2.13. The van der Waals surface area contributed by atoms with Crippen molar-refractivity contribution < 1.29 is 14.2 Å². The summed E-state index contributed by atoms with van der Waals surface area (Å²) in [4.78, 5) is 2.36. The second-order valence-corrected chi connectivity index (χ2v) is 6.27. The van der Waals surface area contributed by atoms with E-state index in [-0.39, 0.29) is 6.10 Å². The third-order valence-corrected chi connectivity index (χ3v) is 4.72. The zero-order valence-corrected chi connectivity index (χ0v) is 13.5. The molecule has 2 saturated heterocycles. The Bertz CT molecular complexity index is 503. The Hall–Kier alpha value is -1.30. The predicted octanol–water partition coefficient (Wildman–Crippen LogP) is 1.81. The van der Waals surface area contributed by atoms with Crippen molar-refractivity contribution in [1.82, 2.24) is 4.90 Å². The normalized spacial score (nSPS) is 29.0. The van der Waals surface area contributed by atoms with Crippen LogP contribution in [0.3, 0.4) is 0 Å². The molecule has 0 bridgehead atoms. The lowest BCUT2D eigenvalue weighted by atomic mass is 9.98. The second kappa shape index (κ2) is 6.86. The van der Waals surface area contributed by atoms with Crippen LogP contribution < -0.4 is 15.2 Å². The number of nitrogens with zero attached hydrogens (tertiary/aromatic N) is 1. The maximum atomic E-state index is 6.09. The van der Waals surface area contributed by atoms with Crippen LogP contribution in [0.25, 0.3) is 0 Å². The Balaban J connectivity index is 1.84. The first-order valence-corrected chi connectivity index (χ1v) is 8.04. The molecular weight excluding hydrogens is 280 g/mol. The maximum absolute atomic E-state index is 6.09. The van der Waals surface area contributed by atoms with Crippen LogP contribution in [0.5, 0.6) is 11.5 Å². The summed E-state index contributed by atoms with van der Waals surface area (Å²) >= 11 is 0. The van der Waals surface area contributed by atoms with Crippen LogP contribution in [0.15, 0.2) is 18.2 Å².